The Morgan fingerprint density at radius 1 is 1.22 bits per heavy atom. The molecule has 1 N–H and O–H groups in total. The Morgan fingerprint density at radius 2 is 2.00 bits per heavy atom. The lowest BCUT2D eigenvalue weighted by atomic mass is 10.1. The van der Waals surface area contributed by atoms with Crippen molar-refractivity contribution in [3.63, 3.8) is 0 Å². The fourth-order valence-electron chi connectivity index (χ4n) is 3.12. The molecule has 96 valence electrons. The second-order valence-corrected chi connectivity index (χ2v) is 5.68. The molecule has 1 aromatic carbocycles. The highest BCUT2D eigenvalue weighted by atomic mass is 32.1. The molecule has 2 atom stereocenters. The van der Waals surface area contributed by atoms with Gasteiger partial charge in [-0.1, -0.05) is 0 Å². The largest absolute Gasteiger partial charge is 0.348 e. The van der Waals surface area contributed by atoms with Crippen LogP contribution in [0.2, 0.25) is 0 Å². The fraction of sp³-hybridized carbons (Fsp3) is 0.500. The standard InChI is InChI=1S/C14H18N2OS/c17-14(10-3-5-11(18)6-4-10)15-12-7-9-16-8-1-2-13(12)16/h3-6,12-13,18H,1-2,7-9H2,(H,15,17). The first kappa shape index (κ1) is 12.1. The van der Waals surface area contributed by atoms with Crippen molar-refractivity contribution < 1.29 is 4.79 Å². The van der Waals surface area contributed by atoms with E-state index >= 15 is 0 Å². The minimum Gasteiger partial charge on any atom is -0.348 e. The van der Waals surface area contributed by atoms with E-state index < -0.39 is 0 Å². The molecular weight excluding hydrogens is 244 g/mol. The van der Waals surface area contributed by atoms with Crippen LogP contribution in [-0.4, -0.2) is 36.0 Å². The zero-order valence-corrected chi connectivity index (χ0v) is 11.2. The maximum absolute atomic E-state index is 12.1. The van der Waals surface area contributed by atoms with Crippen LogP contribution < -0.4 is 5.32 Å². The summed E-state index contributed by atoms with van der Waals surface area (Å²) in [5.74, 6) is 0.0436. The number of thiol groups is 1. The Morgan fingerprint density at radius 3 is 2.78 bits per heavy atom. The van der Waals surface area contributed by atoms with Crippen LogP contribution in [0.3, 0.4) is 0 Å². The van der Waals surface area contributed by atoms with Crippen LogP contribution >= 0.6 is 12.6 Å². The fourth-order valence-corrected chi connectivity index (χ4v) is 3.26. The topological polar surface area (TPSA) is 32.3 Å². The summed E-state index contributed by atoms with van der Waals surface area (Å²) in [7, 11) is 0. The summed E-state index contributed by atoms with van der Waals surface area (Å²) in [6.45, 7) is 2.33. The molecule has 4 heteroatoms. The Hall–Kier alpha value is -1.00. The Balaban J connectivity index is 1.66. The van der Waals surface area contributed by atoms with Gasteiger partial charge in [0.15, 0.2) is 0 Å². The molecule has 0 aromatic heterocycles. The van der Waals surface area contributed by atoms with Crippen LogP contribution in [0.4, 0.5) is 0 Å². The average molecular weight is 262 g/mol. The molecule has 0 spiro atoms. The summed E-state index contributed by atoms with van der Waals surface area (Å²) in [5, 5.41) is 3.18. The van der Waals surface area contributed by atoms with E-state index in [1.165, 1.54) is 19.4 Å². The minimum atomic E-state index is 0.0436. The van der Waals surface area contributed by atoms with Crippen molar-refractivity contribution in [2.45, 2.75) is 36.2 Å². The van der Waals surface area contributed by atoms with E-state index in [1.54, 1.807) is 0 Å². The highest BCUT2D eigenvalue weighted by Crippen LogP contribution is 2.28. The molecule has 0 saturated carbocycles. The first-order valence-electron chi connectivity index (χ1n) is 6.58. The second-order valence-electron chi connectivity index (χ2n) is 5.16. The molecule has 18 heavy (non-hydrogen) atoms. The number of rotatable bonds is 2. The van der Waals surface area contributed by atoms with Gasteiger partial charge in [0.1, 0.15) is 0 Å². The highest BCUT2D eigenvalue weighted by Gasteiger charge is 2.37. The van der Waals surface area contributed by atoms with Gasteiger partial charge >= 0.3 is 0 Å². The molecule has 2 saturated heterocycles. The third-order valence-electron chi connectivity index (χ3n) is 4.05. The smallest absolute Gasteiger partial charge is 0.251 e. The molecule has 0 radical (unpaired) electrons. The third kappa shape index (κ3) is 2.27. The molecule has 2 aliphatic rings. The lowest BCUT2D eigenvalue weighted by molar-refractivity contribution is 0.0929. The van der Waals surface area contributed by atoms with Gasteiger partial charge in [-0.25, -0.2) is 0 Å². The maximum Gasteiger partial charge on any atom is 0.251 e. The van der Waals surface area contributed by atoms with Crippen molar-refractivity contribution in [1.29, 1.82) is 0 Å². The number of nitrogens with one attached hydrogen (secondary N) is 1. The van der Waals surface area contributed by atoms with Gasteiger partial charge in [-0.05, 0) is 50.1 Å². The van der Waals surface area contributed by atoms with E-state index in [0.717, 1.165) is 23.4 Å². The molecule has 2 aliphatic heterocycles. The molecule has 2 fully saturated rings. The minimum absolute atomic E-state index is 0.0436. The summed E-state index contributed by atoms with van der Waals surface area (Å²) in [6, 6.07) is 8.27. The normalized spacial score (nSPS) is 27.2. The van der Waals surface area contributed by atoms with Crippen LogP contribution in [0.5, 0.6) is 0 Å². The van der Waals surface area contributed by atoms with Crippen molar-refractivity contribution >= 4 is 18.5 Å². The van der Waals surface area contributed by atoms with E-state index in [2.05, 4.69) is 22.8 Å². The molecule has 0 bridgehead atoms. The van der Waals surface area contributed by atoms with Crippen molar-refractivity contribution in [3.05, 3.63) is 29.8 Å². The molecule has 3 nitrogen and oxygen atoms in total. The summed E-state index contributed by atoms with van der Waals surface area (Å²) in [5.41, 5.74) is 0.726. The summed E-state index contributed by atoms with van der Waals surface area (Å²) < 4.78 is 0. The highest BCUT2D eigenvalue weighted by molar-refractivity contribution is 7.80. The number of amides is 1. The summed E-state index contributed by atoms with van der Waals surface area (Å²) >= 11 is 4.23. The lowest BCUT2D eigenvalue weighted by Gasteiger charge is -2.21. The van der Waals surface area contributed by atoms with Gasteiger partial charge in [0, 0.05) is 29.1 Å². The Bertz CT molecular complexity index is 446. The second kappa shape index (κ2) is 4.94. The predicted octanol–water partition coefficient (Wildman–Crippen LogP) is 1.94. The van der Waals surface area contributed by atoms with E-state index in [9.17, 15) is 4.79 Å². The number of hydrogen-bond donors (Lipinski definition) is 2. The number of carbonyl (C=O) groups is 1. The van der Waals surface area contributed by atoms with Crippen LogP contribution in [0.25, 0.3) is 0 Å². The summed E-state index contributed by atoms with van der Waals surface area (Å²) in [4.78, 5) is 15.5. The first-order chi connectivity index (χ1) is 8.74. The van der Waals surface area contributed by atoms with Gasteiger partial charge in [0.05, 0.1) is 0 Å². The zero-order chi connectivity index (χ0) is 12.5. The predicted molar refractivity (Wildman–Crippen MR) is 74.2 cm³/mol. The number of carbonyl (C=O) groups excluding carboxylic acids is 1. The molecule has 3 rings (SSSR count). The molecule has 2 heterocycles. The van der Waals surface area contributed by atoms with Crippen LogP contribution in [0.1, 0.15) is 29.6 Å². The van der Waals surface area contributed by atoms with E-state index in [-0.39, 0.29) is 5.91 Å². The van der Waals surface area contributed by atoms with E-state index in [1.807, 2.05) is 24.3 Å². The zero-order valence-electron chi connectivity index (χ0n) is 10.3. The SMILES string of the molecule is O=C(NC1CCN2CCCC12)c1ccc(S)cc1. The molecule has 1 amide bonds. The van der Waals surface area contributed by atoms with Gasteiger partial charge in [-0.3, -0.25) is 9.69 Å². The van der Waals surface area contributed by atoms with Crippen LogP contribution in [0, 0.1) is 0 Å². The van der Waals surface area contributed by atoms with E-state index in [4.69, 9.17) is 0 Å². The third-order valence-corrected chi connectivity index (χ3v) is 4.35. The molecule has 1 aromatic rings. The van der Waals surface area contributed by atoms with Gasteiger partial charge in [-0.15, -0.1) is 12.6 Å². The molecular formula is C14H18N2OS. The quantitative estimate of drug-likeness (QED) is 0.798. The number of nitrogens with zero attached hydrogens (tertiary/aromatic N) is 1. The average Bonchev–Trinajstić information content (AvgIpc) is 2.95. The van der Waals surface area contributed by atoms with Crippen molar-refractivity contribution in [2.24, 2.45) is 0 Å². The monoisotopic (exact) mass is 262 g/mol. The summed E-state index contributed by atoms with van der Waals surface area (Å²) in [6.07, 6.45) is 3.58. The Labute approximate surface area is 113 Å². The first-order valence-corrected chi connectivity index (χ1v) is 7.03. The Kier molecular flexibility index (Phi) is 3.31. The van der Waals surface area contributed by atoms with Gasteiger partial charge in [-0.2, -0.15) is 0 Å². The van der Waals surface area contributed by atoms with E-state index in [0.29, 0.717) is 12.1 Å². The van der Waals surface area contributed by atoms with Gasteiger partial charge in [0.2, 0.25) is 0 Å². The van der Waals surface area contributed by atoms with Gasteiger partial charge < -0.3 is 5.32 Å². The van der Waals surface area contributed by atoms with Crippen molar-refractivity contribution in [3.8, 4) is 0 Å². The maximum atomic E-state index is 12.1. The van der Waals surface area contributed by atoms with Crippen molar-refractivity contribution in [2.75, 3.05) is 13.1 Å². The lowest BCUT2D eigenvalue weighted by Crippen LogP contribution is -2.42. The number of benzene rings is 1. The number of hydrogen-bond acceptors (Lipinski definition) is 3. The van der Waals surface area contributed by atoms with Crippen LogP contribution in [0.15, 0.2) is 29.2 Å². The van der Waals surface area contributed by atoms with Crippen LogP contribution in [-0.2, 0) is 0 Å². The van der Waals surface area contributed by atoms with Gasteiger partial charge in [0.25, 0.3) is 5.91 Å². The number of fused-ring (bicyclic) bond motifs is 1. The molecule has 0 aliphatic carbocycles. The van der Waals surface area contributed by atoms with Crippen molar-refractivity contribution in [1.82, 2.24) is 10.2 Å². The molecule has 2 unspecified atom stereocenters.